The number of rotatable bonds is 2. The SMILES string of the molecule is O=C(CCl)O[C@H]1COCCCO1. The van der Waals surface area contributed by atoms with Crippen LogP contribution in [0.15, 0.2) is 0 Å². The third kappa shape index (κ3) is 3.38. The molecule has 4 nitrogen and oxygen atoms in total. The second kappa shape index (κ2) is 5.35. The van der Waals surface area contributed by atoms with Gasteiger partial charge in [-0.05, 0) is 6.42 Å². The minimum absolute atomic E-state index is 0.153. The van der Waals surface area contributed by atoms with Crippen LogP contribution in [0.1, 0.15) is 6.42 Å². The lowest BCUT2D eigenvalue weighted by atomic mass is 10.5. The van der Waals surface area contributed by atoms with Gasteiger partial charge in [-0.15, -0.1) is 11.6 Å². The second-order valence-electron chi connectivity index (χ2n) is 2.35. The Morgan fingerprint density at radius 1 is 1.58 bits per heavy atom. The predicted molar refractivity (Wildman–Crippen MR) is 42.0 cm³/mol. The number of carbonyl (C=O) groups is 1. The highest BCUT2D eigenvalue weighted by Crippen LogP contribution is 2.03. The van der Waals surface area contributed by atoms with Crippen LogP contribution in [0.2, 0.25) is 0 Å². The van der Waals surface area contributed by atoms with Gasteiger partial charge in [0.15, 0.2) is 0 Å². The lowest BCUT2D eigenvalue weighted by Gasteiger charge is -2.13. The molecule has 1 rings (SSSR count). The summed E-state index contributed by atoms with van der Waals surface area (Å²) in [7, 11) is 0. The van der Waals surface area contributed by atoms with Crippen molar-refractivity contribution in [3.05, 3.63) is 0 Å². The summed E-state index contributed by atoms with van der Waals surface area (Å²) in [5, 5.41) is 0. The summed E-state index contributed by atoms with van der Waals surface area (Å²) < 4.78 is 15.1. The van der Waals surface area contributed by atoms with Crippen LogP contribution in [0, 0.1) is 0 Å². The molecule has 0 unspecified atom stereocenters. The van der Waals surface area contributed by atoms with Crippen molar-refractivity contribution in [2.75, 3.05) is 25.7 Å². The normalized spacial score (nSPS) is 24.6. The topological polar surface area (TPSA) is 44.8 Å². The van der Waals surface area contributed by atoms with Crippen molar-refractivity contribution in [2.24, 2.45) is 0 Å². The molecular weight excluding hydrogens is 184 g/mol. The van der Waals surface area contributed by atoms with Gasteiger partial charge in [0.25, 0.3) is 0 Å². The average Bonchev–Trinajstić information content (AvgIpc) is 2.33. The number of ether oxygens (including phenoxy) is 3. The number of carbonyl (C=O) groups excluding carboxylic acids is 1. The Balaban J connectivity index is 2.24. The van der Waals surface area contributed by atoms with Crippen LogP contribution in [-0.2, 0) is 19.0 Å². The molecule has 1 saturated heterocycles. The summed E-state index contributed by atoms with van der Waals surface area (Å²) >= 11 is 5.24. The lowest BCUT2D eigenvalue weighted by Crippen LogP contribution is -2.25. The van der Waals surface area contributed by atoms with E-state index in [1.807, 2.05) is 0 Å². The van der Waals surface area contributed by atoms with Crippen molar-refractivity contribution in [1.82, 2.24) is 0 Å². The molecular formula is C7H11ClO4. The van der Waals surface area contributed by atoms with E-state index >= 15 is 0 Å². The first-order valence-electron chi connectivity index (χ1n) is 3.77. The van der Waals surface area contributed by atoms with Crippen molar-refractivity contribution in [3.63, 3.8) is 0 Å². The van der Waals surface area contributed by atoms with E-state index in [-0.39, 0.29) is 5.88 Å². The van der Waals surface area contributed by atoms with Gasteiger partial charge in [-0.2, -0.15) is 0 Å². The Bertz CT molecular complexity index is 142. The van der Waals surface area contributed by atoms with Gasteiger partial charge >= 0.3 is 5.97 Å². The van der Waals surface area contributed by atoms with Gasteiger partial charge in [0, 0.05) is 6.61 Å². The Kier molecular flexibility index (Phi) is 4.35. The first-order chi connectivity index (χ1) is 5.83. The Morgan fingerprint density at radius 2 is 2.42 bits per heavy atom. The standard InChI is InChI=1S/C7H11ClO4/c8-4-6(9)12-7-5-10-2-1-3-11-7/h7H,1-5H2/t7-/m0/s1. The first-order valence-corrected chi connectivity index (χ1v) is 4.31. The zero-order chi connectivity index (χ0) is 8.81. The molecule has 1 fully saturated rings. The zero-order valence-corrected chi connectivity index (χ0v) is 7.38. The van der Waals surface area contributed by atoms with E-state index in [0.717, 1.165) is 6.42 Å². The van der Waals surface area contributed by atoms with Crippen molar-refractivity contribution < 1.29 is 19.0 Å². The first kappa shape index (κ1) is 9.77. The van der Waals surface area contributed by atoms with Crippen LogP contribution in [0.3, 0.4) is 0 Å². The van der Waals surface area contributed by atoms with Crippen LogP contribution in [-0.4, -0.2) is 38.0 Å². The molecule has 0 aliphatic carbocycles. The fraction of sp³-hybridized carbons (Fsp3) is 0.857. The minimum Gasteiger partial charge on any atom is -0.432 e. The molecule has 0 aromatic heterocycles. The van der Waals surface area contributed by atoms with Gasteiger partial charge in [-0.25, -0.2) is 0 Å². The van der Waals surface area contributed by atoms with Crippen LogP contribution in [0.5, 0.6) is 0 Å². The molecule has 1 atom stereocenters. The van der Waals surface area contributed by atoms with E-state index < -0.39 is 12.3 Å². The third-order valence-corrected chi connectivity index (χ3v) is 1.58. The molecule has 12 heavy (non-hydrogen) atoms. The van der Waals surface area contributed by atoms with E-state index in [1.54, 1.807) is 0 Å². The average molecular weight is 195 g/mol. The smallest absolute Gasteiger partial charge is 0.323 e. The van der Waals surface area contributed by atoms with Crippen LogP contribution < -0.4 is 0 Å². The van der Waals surface area contributed by atoms with Gasteiger partial charge in [0.1, 0.15) is 12.5 Å². The molecule has 0 spiro atoms. The van der Waals surface area contributed by atoms with Crippen molar-refractivity contribution in [1.29, 1.82) is 0 Å². The number of hydrogen-bond donors (Lipinski definition) is 0. The summed E-state index contributed by atoms with van der Waals surface area (Å²) in [5.74, 6) is -0.632. The molecule has 0 radical (unpaired) electrons. The van der Waals surface area contributed by atoms with Crippen LogP contribution >= 0.6 is 11.6 Å². The Morgan fingerprint density at radius 3 is 3.17 bits per heavy atom. The molecule has 1 aliphatic rings. The third-order valence-electron chi connectivity index (χ3n) is 1.36. The fourth-order valence-electron chi connectivity index (χ4n) is 0.850. The number of esters is 1. The summed E-state index contributed by atoms with van der Waals surface area (Å²) in [6.07, 6.45) is 0.244. The van der Waals surface area contributed by atoms with Crippen molar-refractivity contribution in [3.8, 4) is 0 Å². The number of halogens is 1. The summed E-state index contributed by atoms with van der Waals surface area (Å²) in [6.45, 7) is 1.50. The highest BCUT2D eigenvalue weighted by Gasteiger charge is 2.16. The summed E-state index contributed by atoms with van der Waals surface area (Å²) in [4.78, 5) is 10.7. The number of alkyl halides is 1. The van der Waals surface area contributed by atoms with E-state index in [1.165, 1.54) is 0 Å². The molecule has 1 heterocycles. The molecule has 0 saturated carbocycles. The summed E-state index contributed by atoms with van der Waals surface area (Å²) in [6, 6.07) is 0. The highest BCUT2D eigenvalue weighted by molar-refractivity contribution is 6.26. The van der Waals surface area contributed by atoms with Crippen LogP contribution in [0.25, 0.3) is 0 Å². The maximum absolute atomic E-state index is 10.7. The molecule has 0 N–H and O–H groups in total. The molecule has 0 amide bonds. The zero-order valence-electron chi connectivity index (χ0n) is 6.62. The lowest BCUT2D eigenvalue weighted by molar-refractivity contribution is -0.180. The molecule has 0 aromatic rings. The van der Waals surface area contributed by atoms with E-state index in [2.05, 4.69) is 0 Å². The van der Waals surface area contributed by atoms with Crippen molar-refractivity contribution in [2.45, 2.75) is 12.7 Å². The summed E-state index contributed by atoms with van der Waals surface area (Å²) in [5.41, 5.74) is 0. The molecule has 0 aromatic carbocycles. The van der Waals surface area contributed by atoms with Gasteiger partial charge in [0.05, 0.1) is 6.61 Å². The molecule has 70 valence electrons. The van der Waals surface area contributed by atoms with Gasteiger partial charge in [-0.1, -0.05) is 0 Å². The van der Waals surface area contributed by atoms with Crippen LogP contribution in [0.4, 0.5) is 0 Å². The predicted octanol–water partition coefficient (Wildman–Crippen LogP) is 0.531. The Hall–Kier alpha value is -0.320. The minimum atomic E-state index is -0.584. The Labute approximate surface area is 75.7 Å². The monoisotopic (exact) mass is 194 g/mol. The van der Waals surface area contributed by atoms with Crippen molar-refractivity contribution >= 4 is 17.6 Å². The van der Waals surface area contributed by atoms with Gasteiger partial charge in [0.2, 0.25) is 6.29 Å². The maximum Gasteiger partial charge on any atom is 0.323 e. The molecule has 1 aliphatic heterocycles. The highest BCUT2D eigenvalue weighted by atomic mass is 35.5. The van der Waals surface area contributed by atoms with Gasteiger partial charge < -0.3 is 14.2 Å². The fourth-order valence-corrected chi connectivity index (χ4v) is 0.913. The quantitative estimate of drug-likeness (QED) is 0.475. The molecule has 0 bridgehead atoms. The number of hydrogen-bond acceptors (Lipinski definition) is 4. The van der Waals surface area contributed by atoms with E-state index in [0.29, 0.717) is 19.8 Å². The van der Waals surface area contributed by atoms with E-state index in [9.17, 15) is 4.79 Å². The second-order valence-corrected chi connectivity index (χ2v) is 2.62. The van der Waals surface area contributed by atoms with Gasteiger partial charge in [-0.3, -0.25) is 4.79 Å². The largest absolute Gasteiger partial charge is 0.432 e. The molecule has 5 heteroatoms. The van der Waals surface area contributed by atoms with E-state index in [4.69, 9.17) is 25.8 Å². The maximum atomic E-state index is 10.7.